The van der Waals surface area contributed by atoms with Crippen molar-refractivity contribution in [1.29, 1.82) is 0 Å². The summed E-state index contributed by atoms with van der Waals surface area (Å²) in [7, 11) is -4.61. The summed E-state index contributed by atoms with van der Waals surface area (Å²) in [5.74, 6) is 0. The van der Waals surface area contributed by atoms with Crippen LogP contribution in [-0.4, -0.2) is 68.3 Å². The van der Waals surface area contributed by atoms with E-state index in [0.717, 1.165) is 0 Å². The zero-order chi connectivity index (χ0) is 6.50. The first-order valence-electron chi connectivity index (χ1n) is 1.09. The van der Waals surface area contributed by atoms with Crippen LogP contribution in [0.3, 0.4) is 0 Å². The molecule has 0 aromatic heterocycles. The molecule has 0 saturated heterocycles. The third-order valence-corrected chi connectivity index (χ3v) is 0. The van der Waals surface area contributed by atoms with Crippen molar-refractivity contribution in [3.05, 3.63) is 0 Å². The van der Waals surface area contributed by atoms with Crippen molar-refractivity contribution in [2.45, 2.75) is 0 Å². The van der Waals surface area contributed by atoms with E-state index in [-0.39, 0.29) is 29.6 Å². The van der Waals surface area contributed by atoms with Gasteiger partial charge in [-0.05, 0) is 0 Å². The van der Waals surface area contributed by atoms with E-state index in [4.69, 9.17) is 29.7 Å². The molecule has 0 rings (SSSR count). The molecule has 0 heterocycles. The first-order chi connectivity index (χ1) is 3.00. The van der Waals surface area contributed by atoms with Gasteiger partial charge in [0.25, 0.3) is 0 Å². The molecular weight excluding hydrogens is 147 g/mol. The zero-order valence-corrected chi connectivity index (χ0v) is 4.18. The average Bonchev–Trinajstić information content (AvgIpc) is 1.36. The van der Waals surface area contributed by atoms with E-state index in [1.807, 2.05) is 0 Å². The first-order valence-corrected chi connectivity index (χ1v) is 2.88. The Morgan fingerprint density at radius 3 is 0.750 bits per heavy atom. The molecule has 0 fully saturated rings. The molecule has 0 atom stereocenters. The van der Waals surface area contributed by atoms with Crippen molar-refractivity contribution in [3.63, 3.8) is 0 Å². The topological polar surface area (TPSA) is 121 Å². The van der Waals surface area contributed by atoms with Gasteiger partial charge in [-0.25, -0.2) is 0 Å². The third-order valence-electron chi connectivity index (χ3n) is 0. The van der Waals surface area contributed by atoms with Gasteiger partial charge in [-0.15, -0.1) is 0 Å². The molecule has 0 aliphatic heterocycles. The van der Waals surface area contributed by atoms with Crippen LogP contribution < -0.4 is 0 Å². The van der Waals surface area contributed by atoms with Gasteiger partial charge in [0.05, 0.1) is 0 Å². The fraction of sp³-hybridized carbons (Fsp3) is 0. The van der Waals surface area contributed by atoms with Gasteiger partial charge in [0.15, 0.2) is 0 Å². The van der Waals surface area contributed by atoms with Crippen LogP contribution in [0.1, 0.15) is 0 Å². The Morgan fingerprint density at radius 1 is 0.750 bits per heavy atom. The molecule has 0 aliphatic carbocycles. The second kappa shape index (κ2) is 7.98. The predicted molar refractivity (Wildman–Crippen MR) is 27.0 cm³/mol. The van der Waals surface area contributed by atoms with E-state index in [1.165, 1.54) is 0 Å². The molecule has 8 heteroatoms. The Morgan fingerprint density at radius 2 is 0.750 bits per heavy atom. The van der Waals surface area contributed by atoms with E-state index >= 15 is 0 Å². The quantitative estimate of drug-likeness (QED) is 0.124. The summed E-state index contributed by atoms with van der Waals surface area (Å²) in [4.78, 5) is 29.3. The molecule has 0 spiro atoms. The molecule has 48 valence electrons. The Hall–Kier alpha value is 0.977. The van der Waals surface area contributed by atoms with E-state index in [0.29, 0.717) is 0 Å². The van der Waals surface area contributed by atoms with Crippen LogP contribution in [0.15, 0.2) is 0 Å². The maximum absolute atomic E-state index is 7.33. The van der Waals surface area contributed by atoms with Gasteiger partial charge in [-0.2, -0.15) is 0 Å². The maximum atomic E-state index is 7.33. The molecule has 0 saturated carbocycles. The number of rotatable bonds is 0. The second-order valence-electron chi connectivity index (χ2n) is 0.600. The molecule has 8 heavy (non-hydrogen) atoms. The normalized spacial score (nSPS) is 8.25. The van der Waals surface area contributed by atoms with E-state index in [2.05, 4.69) is 0 Å². The van der Waals surface area contributed by atoms with Crippen LogP contribution in [-0.2, 0) is 0 Å². The van der Waals surface area contributed by atoms with Gasteiger partial charge in [0.1, 0.15) is 0 Å². The second-order valence-corrected chi connectivity index (χ2v) is 1.80. The minimum atomic E-state index is -4.61. The van der Waals surface area contributed by atoms with Crippen molar-refractivity contribution in [1.82, 2.24) is 0 Å². The van der Waals surface area contributed by atoms with Gasteiger partial charge >= 0.3 is 38.6 Å². The van der Waals surface area contributed by atoms with Crippen LogP contribution in [0.4, 0.5) is 0 Å². The minimum absolute atomic E-state index is 0. The summed E-state index contributed by atoms with van der Waals surface area (Å²) in [6.07, 6.45) is 0. The van der Waals surface area contributed by atoms with Crippen molar-refractivity contribution in [3.8, 4) is 0 Å². The summed E-state index contributed by atoms with van der Waals surface area (Å²) in [5, 5.41) is 12.0. The molecule has 0 amide bonds. The van der Waals surface area contributed by atoms with Crippen LogP contribution in [0, 0.1) is 0 Å². The molecule has 0 radical (unpaired) electrons. The summed E-state index contributed by atoms with van der Waals surface area (Å²) < 4.78 is 0. The predicted octanol–water partition coefficient (Wildman–Crippen LogP) is -3.24. The van der Waals surface area contributed by atoms with Crippen molar-refractivity contribution in [2.75, 3.05) is 0 Å². The Balaban J connectivity index is -0.0000000750. The Labute approximate surface area is 68.4 Å². The SMILES string of the molecule is OO.O[Si](O)(O)O.[NaH]. The third kappa shape index (κ3) is 261. The molecule has 0 aromatic carbocycles. The molecule has 6 nitrogen and oxygen atoms in total. The van der Waals surface area contributed by atoms with Crippen LogP contribution in [0.5, 0.6) is 0 Å². The van der Waals surface area contributed by atoms with E-state index in [1.54, 1.807) is 0 Å². The number of hydrogen-bond acceptors (Lipinski definition) is 6. The van der Waals surface area contributed by atoms with Crippen LogP contribution in [0.2, 0.25) is 0 Å². The molecule has 0 bridgehead atoms. The van der Waals surface area contributed by atoms with Crippen molar-refractivity contribution in [2.24, 2.45) is 0 Å². The monoisotopic (exact) mass is 154 g/mol. The van der Waals surface area contributed by atoms with Crippen LogP contribution >= 0.6 is 0 Å². The number of hydrogen-bond donors (Lipinski definition) is 6. The van der Waals surface area contributed by atoms with E-state index in [9.17, 15) is 0 Å². The molecule has 0 unspecified atom stereocenters. The van der Waals surface area contributed by atoms with Gasteiger partial charge in [0, 0.05) is 0 Å². The molecular formula is H7NaO6Si. The van der Waals surface area contributed by atoms with Crippen molar-refractivity contribution < 1.29 is 29.7 Å². The van der Waals surface area contributed by atoms with Crippen LogP contribution in [0.25, 0.3) is 0 Å². The fourth-order valence-corrected chi connectivity index (χ4v) is 0. The summed E-state index contributed by atoms with van der Waals surface area (Å²) in [6.45, 7) is 0. The summed E-state index contributed by atoms with van der Waals surface area (Å²) in [6, 6.07) is 0. The van der Waals surface area contributed by atoms with Gasteiger partial charge in [-0.3, -0.25) is 10.5 Å². The molecule has 0 aliphatic rings. The summed E-state index contributed by atoms with van der Waals surface area (Å²) in [5.41, 5.74) is 0. The molecule has 6 N–H and O–H groups in total. The van der Waals surface area contributed by atoms with Gasteiger partial charge in [0.2, 0.25) is 0 Å². The zero-order valence-electron chi connectivity index (χ0n) is 3.18. The Kier molecular flexibility index (Phi) is 15.9. The fourth-order valence-electron chi connectivity index (χ4n) is 0. The summed E-state index contributed by atoms with van der Waals surface area (Å²) >= 11 is 0. The van der Waals surface area contributed by atoms with E-state index < -0.39 is 9.05 Å². The first kappa shape index (κ1) is 16.0. The average molecular weight is 154 g/mol. The Bertz CT molecular complexity index is 24.0. The standard InChI is InChI=1S/Na.H4O4Si.H2O2.H/c;1-5(2,3)4;1-2;/h;1-4H;1-2H;. The van der Waals surface area contributed by atoms with Gasteiger partial charge in [-0.1, -0.05) is 0 Å². The van der Waals surface area contributed by atoms with Crippen molar-refractivity contribution >= 4 is 38.6 Å². The van der Waals surface area contributed by atoms with Gasteiger partial charge < -0.3 is 19.2 Å². The molecule has 0 aromatic rings.